The molecule has 2 aromatic carbocycles. The number of nitrogen functional groups attached to an aromatic ring is 1. The number of hydrogen-bond donors (Lipinski definition) is 2. The maximum Gasteiger partial charge on any atom is 0.240 e. The minimum Gasteiger partial charge on any atom is -0.383 e. The van der Waals surface area contributed by atoms with Crippen molar-refractivity contribution in [3.8, 4) is 11.5 Å². The Bertz CT molecular complexity index is 1550. The van der Waals surface area contributed by atoms with Gasteiger partial charge in [-0.1, -0.05) is 60.7 Å². The van der Waals surface area contributed by atoms with Gasteiger partial charge in [-0.2, -0.15) is 0 Å². The Hall–Kier alpha value is -4.59. The van der Waals surface area contributed by atoms with E-state index in [0.717, 1.165) is 22.5 Å². The van der Waals surface area contributed by atoms with Gasteiger partial charge in [0.1, 0.15) is 22.7 Å². The first-order valence-corrected chi connectivity index (χ1v) is 11.0. The average Bonchev–Trinajstić information content (AvgIpc) is 3.43. The van der Waals surface area contributed by atoms with Gasteiger partial charge in [-0.3, -0.25) is 4.79 Å². The first-order chi connectivity index (χ1) is 16.5. The summed E-state index contributed by atoms with van der Waals surface area (Å²) in [7, 11) is 0. The summed E-state index contributed by atoms with van der Waals surface area (Å²) in [6.07, 6.45) is 6.03. The highest BCUT2D eigenvalue weighted by Gasteiger charge is 2.47. The molecule has 1 atom stereocenters. The summed E-state index contributed by atoms with van der Waals surface area (Å²) >= 11 is 0. The van der Waals surface area contributed by atoms with E-state index in [4.69, 9.17) is 10.7 Å². The van der Waals surface area contributed by atoms with Gasteiger partial charge < -0.3 is 15.5 Å². The molecule has 0 fully saturated rings. The zero-order chi connectivity index (χ0) is 23.3. The molecule has 0 radical (unpaired) electrons. The normalized spacial score (nSPS) is 17.0. The van der Waals surface area contributed by atoms with Crippen LogP contribution in [0.5, 0.6) is 0 Å². The van der Waals surface area contributed by atoms with Crippen LogP contribution in [0.2, 0.25) is 0 Å². The van der Waals surface area contributed by atoms with Gasteiger partial charge in [-0.15, -0.1) is 0 Å². The van der Waals surface area contributed by atoms with Gasteiger partial charge in [-0.05, 0) is 18.1 Å². The Labute approximate surface area is 195 Å². The third-order valence-electron chi connectivity index (χ3n) is 6.36. The van der Waals surface area contributed by atoms with Gasteiger partial charge in [-0.25, -0.2) is 19.9 Å². The molecule has 34 heavy (non-hydrogen) atoms. The number of nitrogens with zero attached hydrogens (tertiary/aromatic N) is 5. The topological polar surface area (TPSA) is 111 Å². The molecule has 166 valence electrons. The predicted octanol–water partition coefficient (Wildman–Crippen LogP) is 3.62. The van der Waals surface area contributed by atoms with E-state index in [0.29, 0.717) is 29.3 Å². The Kier molecular flexibility index (Phi) is 4.41. The molecule has 1 amide bonds. The van der Waals surface area contributed by atoms with Crippen LogP contribution in [0.15, 0.2) is 79.3 Å². The van der Waals surface area contributed by atoms with Crippen LogP contribution in [0.25, 0.3) is 17.2 Å². The second-order valence-corrected chi connectivity index (χ2v) is 8.49. The van der Waals surface area contributed by atoms with E-state index in [2.05, 4.69) is 32.4 Å². The van der Waals surface area contributed by atoms with E-state index in [1.54, 1.807) is 6.20 Å². The van der Waals surface area contributed by atoms with Crippen molar-refractivity contribution < 1.29 is 4.79 Å². The lowest BCUT2D eigenvalue weighted by molar-refractivity contribution is -0.119. The van der Waals surface area contributed by atoms with Crippen LogP contribution in [0, 0.1) is 0 Å². The fourth-order valence-corrected chi connectivity index (χ4v) is 4.58. The third-order valence-corrected chi connectivity index (χ3v) is 6.36. The number of carbonyl (C=O) groups is 1. The van der Waals surface area contributed by atoms with Crippen LogP contribution >= 0.6 is 0 Å². The molecule has 1 unspecified atom stereocenters. The highest BCUT2D eigenvalue weighted by molar-refractivity contribution is 6.09. The molecule has 3 N–H and O–H groups in total. The van der Waals surface area contributed by atoms with Gasteiger partial charge in [0.15, 0.2) is 11.5 Å². The Morgan fingerprint density at radius 3 is 2.50 bits per heavy atom. The van der Waals surface area contributed by atoms with Crippen LogP contribution in [0.4, 0.5) is 11.6 Å². The van der Waals surface area contributed by atoms with Crippen molar-refractivity contribution in [3.05, 3.63) is 102 Å². The van der Waals surface area contributed by atoms with Crippen molar-refractivity contribution in [2.24, 2.45) is 0 Å². The zero-order valence-electron chi connectivity index (χ0n) is 18.4. The van der Waals surface area contributed by atoms with Crippen molar-refractivity contribution in [2.45, 2.75) is 18.8 Å². The molecule has 0 aliphatic carbocycles. The molecule has 6 rings (SSSR count). The van der Waals surface area contributed by atoms with Gasteiger partial charge in [0.25, 0.3) is 0 Å². The monoisotopic (exact) mass is 447 g/mol. The largest absolute Gasteiger partial charge is 0.383 e. The highest BCUT2D eigenvalue weighted by atomic mass is 16.2. The number of nitrogens with two attached hydrogens (primary N) is 1. The lowest BCUT2D eigenvalue weighted by atomic mass is 9.78. The third kappa shape index (κ3) is 3.03. The number of aromatic nitrogens is 5. The number of rotatable bonds is 4. The minimum atomic E-state index is -0.973. The van der Waals surface area contributed by atoms with Crippen molar-refractivity contribution in [2.75, 3.05) is 11.1 Å². The summed E-state index contributed by atoms with van der Waals surface area (Å²) in [6.45, 7) is 1.84. The Balaban J connectivity index is 1.47. The first-order valence-electron chi connectivity index (χ1n) is 11.0. The average molecular weight is 448 g/mol. The van der Waals surface area contributed by atoms with E-state index in [-0.39, 0.29) is 11.7 Å². The second-order valence-electron chi connectivity index (χ2n) is 8.49. The summed E-state index contributed by atoms with van der Waals surface area (Å²) in [5.41, 5.74) is 10.1. The number of anilines is 2. The van der Waals surface area contributed by atoms with Gasteiger partial charge in [0.05, 0.1) is 11.3 Å². The molecule has 0 saturated carbocycles. The van der Waals surface area contributed by atoms with Crippen molar-refractivity contribution in [1.29, 1.82) is 0 Å². The molecule has 0 saturated heterocycles. The molecular formula is C26H21N7O. The molecule has 4 heterocycles. The number of fused-ring (bicyclic) bond motifs is 2. The smallest absolute Gasteiger partial charge is 0.240 e. The summed E-state index contributed by atoms with van der Waals surface area (Å²) in [4.78, 5) is 31.7. The fraction of sp³-hybridized carbons (Fsp3) is 0.115. The molecule has 0 bridgehead atoms. The standard InChI is InChI=1S/C26H21N7O/c1-26(17-10-6-3-7-11-17)20-21(27)30-22(31-23(20)32-25(26)34)19-15-33-13-12-28-24(33)18(29-19)14-16-8-4-2-5-9-16/h2-13,15H,14H2,1H3,(H3,27,30,31,32,34). The van der Waals surface area contributed by atoms with Gasteiger partial charge in [0.2, 0.25) is 5.91 Å². The SMILES string of the molecule is CC1(c2ccccc2)C(=O)Nc2nc(-c3cn4ccnc4c(Cc4ccccc4)n3)nc(N)c21. The summed E-state index contributed by atoms with van der Waals surface area (Å²) < 4.78 is 1.90. The molecule has 8 heteroatoms. The number of hydrogen-bond acceptors (Lipinski definition) is 6. The predicted molar refractivity (Wildman–Crippen MR) is 129 cm³/mol. The maximum absolute atomic E-state index is 13.1. The maximum atomic E-state index is 13.1. The first kappa shape index (κ1) is 20.0. The second kappa shape index (κ2) is 7.48. The van der Waals surface area contributed by atoms with E-state index >= 15 is 0 Å². The molecule has 1 aliphatic rings. The molecule has 5 aromatic rings. The van der Waals surface area contributed by atoms with Crippen LogP contribution in [0.3, 0.4) is 0 Å². The molecule has 3 aromatic heterocycles. The Morgan fingerprint density at radius 1 is 1.00 bits per heavy atom. The van der Waals surface area contributed by atoms with E-state index in [1.807, 2.05) is 72.2 Å². The van der Waals surface area contributed by atoms with Crippen molar-refractivity contribution >= 4 is 23.2 Å². The zero-order valence-corrected chi connectivity index (χ0v) is 18.4. The number of amides is 1. The van der Waals surface area contributed by atoms with Gasteiger partial charge >= 0.3 is 0 Å². The number of benzene rings is 2. The summed E-state index contributed by atoms with van der Waals surface area (Å²) in [6, 6.07) is 19.6. The van der Waals surface area contributed by atoms with Crippen molar-refractivity contribution in [3.63, 3.8) is 0 Å². The fourth-order valence-electron chi connectivity index (χ4n) is 4.58. The highest BCUT2D eigenvalue weighted by Crippen LogP contribution is 2.44. The van der Waals surface area contributed by atoms with Crippen molar-refractivity contribution in [1.82, 2.24) is 24.3 Å². The van der Waals surface area contributed by atoms with E-state index < -0.39 is 5.41 Å². The van der Waals surface area contributed by atoms with E-state index in [9.17, 15) is 4.79 Å². The number of imidazole rings is 1. The molecule has 8 nitrogen and oxygen atoms in total. The molecule has 0 spiro atoms. The lowest BCUT2D eigenvalue weighted by Crippen LogP contribution is -2.32. The number of nitrogens with one attached hydrogen (secondary N) is 1. The van der Waals surface area contributed by atoms with Crippen LogP contribution in [0.1, 0.15) is 29.3 Å². The van der Waals surface area contributed by atoms with E-state index in [1.165, 1.54) is 0 Å². The summed E-state index contributed by atoms with van der Waals surface area (Å²) in [5, 5.41) is 2.91. The van der Waals surface area contributed by atoms with Crippen LogP contribution < -0.4 is 11.1 Å². The van der Waals surface area contributed by atoms with Crippen LogP contribution in [-0.2, 0) is 16.6 Å². The van der Waals surface area contributed by atoms with Gasteiger partial charge in [0, 0.05) is 25.0 Å². The quantitative estimate of drug-likeness (QED) is 0.435. The summed E-state index contributed by atoms with van der Waals surface area (Å²) in [5.74, 6) is 0.825. The molecular weight excluding hydrogens is 426 g/mol. The Morgan fingerprint density at radius 2 is 1.74 bits per heavy atom. The molecule has 1 aliphatic heterocycles. The van der Waals surface area contributed by atoms with Crippen LogP contribution in [-0.4, -0.2) is 30.2 Å². The number of carbonyl (C=O) groups excluding carboxylic acids is 1. The lowest BCUT2D eigenvalue weighted by Gasteiger charge is -2.23. The minimum absolute atomic E-state index is 0.186.